The van der Waals surface area contributed by atoms with Crippen LogP contribution in [0.1, 0.15) is 12.3 Å². The molecule has 27 heavy (non-hydrogen) atoms. The Hall–Kier alpha value is -3.20. The molecule has 0 saturated heterocycles. The van der Waals surface area contributed by atoms with Crippen LogP contribution in [0, 0.1) is 0 Å². The third kappa shape index (κ3) is 3.06. The largest absolute Gasteiger partial charge is 0.339 e. The van der Waals surface area contributed by atoms with Crippen LogP contribution in [0.2, 0.25) is 0 Å². The van der Waals surface area contributed by atoms with Crippen molar-refractivity contribution in [3.8, 4) is 11.4 Å². The molecular weight excluding hydrogens is 362 g/mol. The van der Waals surface area contributed by atoms with Crippen LogP contribution in [-0.2, 0) is 6.42 Å². The van der Waals surface area contributed by atoms with Crippen LogP contribution >= 0.6 is 11.8 Å². The van der Waals surface area contributed by atoms with E-state index in [1.54, 1.807) is 24.2 Å². The molecule has 0 aliphatic heterocycles. The average molecular weight is 377 g/mol. The predicted octanol–water partition coefficient (Wildman–Crippen LogP) is 3.38. The molecule has 134 valence electrons. The fraction of sp³-hybridized carbons (Fsp3) is 0.167. The van der Waals surface area contributed by atoms with Crippen molar-refractivity contribution in [3.05, 3.63) is 54.7 Å². The van der Waals surface area contributed by atoms with E-state index in [4.69, 9.17) is 4.52 Å². The van der Waals surface area contributed by atoms with Crippen molar-refractivity contribution in [1.29, 1.82) is 0 Å². The van der Waals surface area contributed by atoms with Crippen LogP contribution in [0.5, 0.6) is 0 Å². The normalized spacial score (nSPS) is 11.6. The molecule has 0 radical (unpaired) electrons. The maximum atomic E-state index is 5.34. The van der Waals surface area contributed by atoms with Crippen molar-refractivity contribution in [3.63, 3.8) is 0 Å². The van der Waals surface area contributed by atoms with Crippen molar-refractivity contribution in [2.24, 2.45) is 0 Å². The lowest BCUT2D eigenvalue weighted by Crippen LogP contribution is -1.91. The van der Waals surface area contributed by atoms with Crippen LogP contribution in [0.15, 0.2) is 58.5 Å². The molecule has 1 N–H and O–H groups in total. The minimum atomic E-state index is 0.596. The number of imidazole rings is 1. The second kappa shape index (κ2) is 6.84. The van der Waals surface area contributed by atoms with E-state index in [0.29, 0.717) is 11.7 Å². The molecule has 9 heteroatoms. The van der Waals surface area contributed by atoms with Crippen LogP contribution in [0.25, 0.3) is 28.2 Å². The molecular formula is C18H15N7OS. The number of aryl methyl sites for hydroxylation is 1. The summed E-state index contributed by atoms with van der Waals surface area (Å²) in [5.74, 6) is 2.89. The number of aromatic nitrogens is 7. The Bertz CT molecular complexity index is 1190. The molecule has 0 fully saturated rings. The molecule has 5 aromatic rings. The molecule has 0 spiro atoms. The first-order valence-corrected chi connectivity index (χ1v) is 9.54. The third-order valence-corrected chi connectivity index (χ3v) is 5.20. The van der Waals surface area contributed by atoms with Gasteiger partial charge in [-0.05, 0) is 30.7 Å². The fourth-order valence-electron chi connectivity index (χ4n) is 2.90. The Morgan fingerprint density at radius 3 is 2.89 bits per heavy atom. The zero-order valence-corrected chi connectivity index (χ0v) is 15.1. The Morgan fingerprint density at radius 2 is 1.96 bits per heavy atom. The zero-order valence-electron chi connectivity index (χ0n) is 14.2. The zero-order chi connectivity index (χ0) is 18.1. The van der Waals surface area contributed by atoms with Gasteiger partial charge in [-0.2, -0.15) is 4.98 Å². The van der Waals surface area contributed by atoms with E-state index < -0.39 is 0 Å². The number of pyridine rings is 1. The second-order valence-electron chi connectivity index (χ2n) is 5.97. The topological polar surface area (TPSA) is 97.8 Å². The lowest BCUT2D eigenvalue weighted by atomic mass is 10.2. The van der Waals surface area contributed by atoms with Gasteiger partial charge >= 0.3 is 0 Å². The summed E-state index contributed by atoms with van der Waals surface area (Å²) in [5.41, 5.74) is 2.92. The maximum absolute atomic E-state index is 5.34. The Morgan fingerprint density at radius 1 is 1.07 bits per heavy atom. The molecule has 0 unspecified atom stereocenters. The van der Waals surface area contributed by atoms with E-state index in [1.165, 1.54) is 0 Å². The molecule has 0 atom stereocenters. The van der Waals surface area contributed by atoms with E-state index in [0.717, 1.165) is 46.1 Å². The number of hydrogen-bond acceptors (Lipinski definition) is 7. The summed E-state index contributed by atoms with van der Waals surface area (Å²) in [5, 5.41) is 12.3. The van der Waals surface area contributed by atoms with Crippen molar-refractivity contribution < 1.29 is 4.52 Å². The standard InChI is InChI=1S/C18H15N7OS/c1-2-5-14-13(4-1)20-17-22-23-18(25(14)17)27-11-3-6-15-21-16(24-26-15)12-7-9-19-10-8-12/h1-2,4-5,7-10H,3,6,11H2,(H,20,22). The number of aromatic amines is 1. The van der Waals surface area contributed by atoms with Crippen molar-refractivity contribution in [1.82, 2.24) is 34.7 Å². The quantitative estimate of drug-likeness (QED) is 0.358. The van der Waals surface area contributed by atoms with Gasteiger partial charge in [0.05, 0.1) is 11.0 Å². The van der Waals surface area contributed by atoms with E-state index in [2.05, 4.69) is 30.3 Å². The van der Waals surface area contributed by atoms with E-state index in [-0.39, 0.29) is 0 Å². The number of H-pyrrole nitrogens is 1. The van der Waals surface area contributed by atoms with Crippen LogP contribution in [0.4, 0.5) is 0 Å². The Labute approximate surface area is 158 Å². The highest BCUT2D eigenvalue weighted by Gasteiger charge is 2.12. The first-order chi connectivity index (χ1) is 13.4. The molecule has 0 bridgehead atoms. The third-order valence-electron chi connectivity index (χ3n) is 4.18. The Kier molecular flexibility index (Phi) is 4.06. The molecule has 4 aromatic heterocycles. The van der Waals surface area contributed by atoms with E-state index in [1.807, 2.05) is 40.8 Å². The molecule has 8 nitrogen and oxygen atoms in total. The highest BCUT2D eigenvalue weighted by atomic mass is 32.2. The highest BCUT2D eigenvalue weighted by molar-refractivity contribution is 7.99. The first kappa shape index (κ1) is 16.0. The molecule has 1 aromatic carbocycles. The molecule has 4 heterocycles. The molecule has 0 aliphatic rings. The number of fused-ring (bicyclic) bond motifs is 3. The number of nitrogens with zero attached hydrogens (tertiary/aromatic N) is 6. The van der Waals surface area contributed by atoms with E-state index in [9.17, 15) is 0 Å². The second-order valence-corrected chi connectivity index (χ2v) is 7.03. The van der Waals surface area contributed by atoms with Gasteiger partial charge in [-0.1, -0.05) is 29.1 Å². The number of thioether (sulfide) groups is 1. The van der Waals surface area contributed by atoms with Crippen LogP contribution in [-0.4, -0.2) is 40.5 Å². The molecule has 5 rings (SSSR count). The van der Waals surface area contributed by atoms with Gasteiger partial charge in [-0.25, -0.2) is 10.1 Å². The molecule has 0 aliphatic carbocycles. The SMILES string of the molecule is c1ccc2c(c1)nc1[nH]nc(SCCCc3nc(-c4ccncc4)no3)n12. The van der Waals surface area contributed by atoms with Gasteiger partial charge in [0.25, 0.3) is 0 Å². The van der Waals surface area contributed by atoms with Gasteiger partial charge in [-0.3, -0.25) is 9.38 Å². The summed E-state index contributed by atoms with van der Waals surface area (Å²) in [6.45, 7) is 0. The van der Waals surface area contributed by atoms with E-state index >= 15 is 0 Å². The van der Waals surface area contributed by atoms with Gasteiger partial charge < -0.3 is 4.52 Å². The monoisotopic (exact) mass is 377 g/mol. The average Bonchev–Trinajstić information content (AvgIpc) is 3.42. The van der Waals surface area contributed by atoms with Crippen LogP contribution in [0.3, 0.4) is 0 Å². The number of para-hydroxylation sites is 2. The molecule has 0 saturated carbocycles. The van der Waals surface area contributed by atoms with Gasteiger partial charge in [0.15, 0.2) is 5.16 Å². The number of rotatable bonds is 6. The van der Waals surface area contributed by atoms with Gasteiger partial charge in [0.1, 0.15) is 0 Å². The smallest absolute Gasteiger partial charge is 0.231 e. The van der Waals surface area contributed by atoms with Crippen molar-refractivity contribution in [2.45, 2.75) is 18.0 Å². The number of nitrogens with one attached hydrogen (secondary N) is 1. The van der Waals surface area contributed by atoms with Gasteiger partial charge in [0, 0.05) is 30.1 Å². The lowest BCUT2D eigenvalue weighted by Gasteiger charge is -1.98. The number of benzene rings is 1. The van der Waals surface area contributed by atoms with Gasteiger partial charge in [-0.15, -0.1) is 5.10 Å². The minimum Gasteiger partial charge on any atom is -0.339 e. The summed E-state index contributed by atoms with van der Waals surface area (Å²) >= 11 is 1.68. The summed E-state index contributed by atoms with van der Waals surface area (Å²) in [7, 11) is 0. The first-order valence-electron chi connectivity index (χ1n) is 8.56. The van der Waals surface area contributed by atoms with Gasteiger partial charge in [0.2, 0.25) is 17.5 Å². The lowest BCUT2D eigenvalue weighted by molar-refractivity contribution is 0.378. The predicted molar refractivity (Wildman–Crippen MR) is 101 cm³/mol. The minimum absolute atomic E-state index is 0.596. The highest BCUT2D eigenvalue weighted by Crippen LogP contribution is 2.23. The summed E-state index contributed by atoms with van der Waals surface area (Å²) in [6.07, 6.45) is 5.06. The molecule has 0 amide bonds. The van der Waals surface area contributed by atoms with Crippen LogP contribution < -0.4 is 0 Å². The maximum Gasteiger partial charge on any atom is 0.231 e. The van der Waals surface area contributed by atoms with Crippen molar-refractivity contribution >= 4 is 28.6 Å². The summed E-state index contributed by atoms with van der Waals surface area (Å²) in [4.78, 5) is 13.0. The Balaban J connectivity index is 1.23. The summed E-state index contributed by atoms with van der Waals surface area (Å²) in [6, 6.07) is 11.8. The number of hydrogen-bond donors (Lipinski definition) is 1. The summed E-state index contributed by atoms with van der Waals surface area (Å²) < 4.78 is 7.39. The van der Waals surface area contributed by atoms with Crippen molar-refractivity contribution in [2.75, 3.05) is 5.75 Å². The fourth-order valence-corrected chi connectivity index (χ4v) is 3.80.